The van der Waals surface area contributed by atoms with Gasteiger partial charge in [0.2, 0.25) is 0 Å². The first-order chi connectivity index (χ1) is 12.7. The fourth-order valence-electron chi connectivity index (χ4n) is 4.80. The maximum absolute atomic E-state index is 12.5. The molecule has 26 heavy (non-hydrogen) atoms. The Balaban J connectivity index is 1.27. The highest BCUT2D eigenvalue weighted by molar-refractivity contribution is 5.74. The lowest BCUT2D eigenvalue weighted by atomic mass is 9.84. The summed E-state index contributed by atoms with van der Waals surface area (Å²) in [6.45, 7) is 5.06. The van der Waals surface area contributed by atoms with Crippen molar-refractivity contribution in [1.82, 2.24) is 19.8 Å². The van der Waals surface area contributed by atoms with Gasteiger partial charge in [-0.15, -0.1) is 0 Å². The number of hydrogen-bond donors (Lipinski definition) is 1. The molecule has 4 rings (SSSR count). The van der Waals surface area contributed by atoms with Gasteiger partial charge in [0.05, 0.1) is 0 Å². The van der Waals surface area contributed by atoms with Gasteiger partial charge in [-0.1, -0.05) is 25.7 Å². The molecule has 1 aliphatic heterocycles. The third-order valence-electron chi connectivity index (χ3n) is 6.83. The summed E-state index contributed by atoms with van der Waals surface area (Å²) in [4.78, 5) is 19.3. The van der Waals surface area contributed by atoms with Crippen molar-refractivity contribution in [2.45, 2.75) is 89.6 Å². The highest BCUT2D eigenvalue weighted by Crippen LogP contribution is 2.36. The van der Waals surface area contributed by atoms with Crippen LogP contribution in [0.3, 0.4) is 0 Å². The smallest absolute Gasteiger partial charge is 0.317 e. The number of nitrogens with zero attached hydrogens (tertiary/aromatic N) is 3. The van der Waals surface area contributed by atoms with E-state index >= 15 is 0 Å². The van der Waals surface area contributed by atoms with E-state index in [1.807, 2.05) is 11.1 Å². The lowest BCUT2D eigenvalue weighted by molar-refractivity contribution is 0.159. The number of hydrogen-bond acceptors (Lipinski definition) is 2. The highest BCUT2D eigenvalue weighted by atomic mass is 16.2. The van der Waals surface area contributed by atoms with E-state index in [2.05, 4.69) is 16.8 Å². The van der Waals surface area contributed by atoms with E-state index in [4.69, 9.17) is 4.98 Å². The number of rotatable bonds is 4. The molecule has 1 saturated heterocycles. The predicted octanol–water partition coefficient (Wildman–Crippen LogP) is 4.21. The number of piperidine rings is 1. The summed E-state index contributed by atoms with van der Waals surface area (Å²) in [5.41, 5.74) is 1.30. The van der Waals surface area contributed by atoms with Gasteiger partial charge in [0.1, 0.15) is 5.82 Å². The van der Waals surface area contributed by atoms with E-state index in [0.29, 0.717) is 17.9 Å². The van der Waals surface area contributed by atoms with Crippen LogP contribution < -0.4 is 5.32 Å². The van der Waals surface area contributed by atoms with Gasteiger partial charge in [-0.3, -0.25) is 0 Å². The Morgan fingerprint density at radius 3 is 2.46 bits per heavy atom. The number of amides is 2. The lowest BCUT2D eigenvalue weighted by Gasteiger charge is -2.35. The summed E-state index contributed by atoms with van der Waals surface area (Å²) in [5, 5.41) is 3.27. The van der Waals surface area contributed by atoms with Gasteiger partial charge in [-0.25, -0.2) is 9.78 Å². The average Bonchev–Trinajstić information content (AvgIpc) is 2.96. The van der Waals surface area contributed by atoms with E-state index in [-0.39, 0.29) is 6.03 Å². The van der Waals surface area contributed by atoms with Crippen LogP contribution >= 0.6 is 0 Å². The molecule has 2 amide bonds. The number of nitrogens with one attached hydrogen (secondary N) is 1. The molecule has 1 aromatic rings. The van der Waals surface area contributed by atoms with Crippen molar-refractivity contribution in [1.29, 1.82) is 0 Å². The number of carbonyl (C=O) groups excluding carboxylic acids is 1. The van der Waals surface area contributed by atoms with Crippen LogP contribution in [0.4, 0.5) is 4.79 Å². The zero-order valence-electron chi connectivity index (χ0n) is 16.3. The van der Waals surface area contributed by atoms with Crippen molar-refractivity contribution in [2.75, 3.05) is 13.1 Å². The molecule has 5 heteroatoms. The highest BCUT2D eigenvalue weighted by Gasteiger charge is 2.28. The van der Waals surface area contributed by atoms with Gasteiger partial charge in [-0.05, 0) is 51.4 Å². The Morgan fingerprint density at radius 2 is 1.81 bits per heavy atom. The van der Waals surface area contributed by atoms with E-state index in [9.17, 15) is 4.79 Å². The minimum atomic E-state index is 0.171. The fourth-order valence-corrected chi connectivity index (χ4v) is 4.80. The van der Waals surface area contributed by atoms with Crippen LogP contribution in [0.2, 0.25) is 0 Å². The van der Waals surface area contributed by atoms with Gasteiger partial charge < -0.3 is 14.8 Å². The molecule has 0 spiro atoms. The number of urea groups is 1. The van der Waals surface area contributed by atoms with Crippen LogP contribution in [-0.4, -0.2) is 39.6 Å². The minimum Gasteiger partial charge on any atom is -0.335 e. The Kier molecular flexibility index (Phi) is 5.51. The third kappa shape index (κ3) is 3.91. The number of likely N-dealkylation sites (tertiary alicyclic amines) is 1. The topological polar surface area (TPSA) is 50.2 Å². The zero-order valence-corrected chi connectivity index (χ0v) is 16.3. The molecule has 3 fully saturated rings. The van der Waals surface area contributed by atoms with Gasteiger partial charge in [-0.2, -0.15) is 0 Å². The molecule has 144 valence electrons. The second kappa shape index (κ2) is 8.01. The van der Waals surface area contributed by atoms with E-state index in [1.54, 1.807) is 0 Å². The normalized spacial score (nSPS) is 23.0. The van der Waals surface area contributed by atoms with Gasteiger partial charge >= 0.3 is 6.03 Å². The molecule has 2 saturated carbocycles. The molecular formula is C21H34N4O. The van der Waals surface area contributed by atoms with Crippen molar-refractivity contribution in [3.63, 3.8) is 0 Å². The van der Waals surface area contributed by atoms with Crippen LogP contribution in [0, 0.1) is 12.8 Å². The molecule has 0 atom stereocenters. The van der Waals surface area contributed by atoms with Crippen molar-refractivity contribution < 1.29 is 4.79 Å². The number of aryl methyl sites for hydroxylation is 1. The standard InChI is InChI=1S/C21H34N4O/c1-16-14-22-20(18-6-5-7-18)25(16)15-17-10-12-24(13-11-17)21(26)23-19-8-3-2-4-9-19/h14,17-19H,2-13,15H2,1H3,(H,23,26). The molecule has 2 heterocycles. The number of carbonyl (C=O) groups is 1. The van der Waals surface area contributed by atoms with Crippen LogP contribution in [0.5, 0.6) is 0 Å². The molecule has 2 aliphatic carbocycles. The Bertz CT molecular complexity index is 608. The second-order valence-electron chi connectivity index (χ2n) is 8.71. The summed E-state index contributed by atoms with van der Waals surface area (Å²) in [7, 11) is 0. The van der Waals surface area contributed by atoms with Crippen LogP contribution in [0.25, 0.3) is 0 Å². The average molecular weight is 359 g/mol. The molecule has 1 N–H and O–H groups in total. The van der Waals surface area contributed by atoms with Crippen molar-refractivity contribution in [3.8, 4) is 0 Å². The summed E-state index contributed by atoms with van der Waals surface area (Å²) >= 11 is 0. The lowest BCUT2D eigenvalue weighted by Crippen LogP contribution is -2.48. The molecule has 0 radical (unpaired) electrons. The van der Waals surface area contributed by atoms with Gasteiger partial charge in [0.15, 0.2) is 0 Å². The first-order valence-corrected chi connectivity index (χ1v) is 10.8. The molecule has 1 aromatic heterocycles. The Morgan fingerprint density at radius 1 is 1.08 bits per heavy atom. The molecule has 0 bridgehead atoms. The first-order valence-electron chi connectivity index (χ1n) is 10.8. The zero-order chi connectivity index (χ0) is 17.9. The van der Waals surface area contributed by atoms with Gasteiger partial charge in [0, 0.05) is 43.5 Å². The number of imidazole rings is 1. The summed E-state index contributed by atoms with van der Waals surface area (Å²) in [5.74, 6) is 2.66. The molecule has 3 aliphatic rings. The van der Waals surface area contributed by atoms with Crippen LogP contribution in [-0.2, 0) is 6.54 Å². The largest absolute Gasteiger partial charge is 0.335 e. The molecular weight excluding hydrogens is 324 g/mol. The van der Waals surface area contributed by atoms with Gasteiger partial charge in [0.25, 0.3) is 0 Å². The number of aromatic nitrogens is 2. The SMILES string of the molecule is Cc1cnc(C2CCC2)n1CC1CCN(C(=O)NC2CCCCC2)CC1. The summed E-state index contributed by atoms with van der Waals surface area (Å²) in [6.07, 6.45) is 14.4. The summed E-state index contributed by atoms with van der Waals surface area (Å²) < 4.78 is 2.46. The molecule has 5 nitrogen and oxygen atoms in total. The third-order valence-corrected chi connectivity index (χ3v) is 6.83. The van der Waals surface area contributed by atoms with E-state index < -0.39 is 0 Å². The predicted molar refractivity (Wildman–Crippen MR) is 103 cm³/mol. The van der Waals surface area contributed by atoms with E-state index in [1.165, 1.54) is 50.0 Å². The monoisotopic (exact) mass is 358 g/mol. The van der Waals surface area contributed by atoms with Crippen molar-refractivity contribution >= 4 is 6.03 Å². The fraction of sp³-hybridized carbons (Fsp3) is 0.810. The maximum Gasteiger partial charge on any atom is 0.317 e. The van der Waals surface area contributed by atoms with E-state index in [0.717, 1.165) is 45.3 Å². The molecule has 0 aromatic carbocycles. The Labute approximate surface area is 157 Å². The maximum atomic E-state index is 12.5. The Hall–Kier alpha value is -1.52. The first kappa shape index (κ1) is 17.9. The molecule has 0 unspecified atom stereocenters. The minimum absolute atomic E-state index is 0.171. The van der Waals surface area contributed by atoms with Crippen LogP contribution in [0.15, 0.2) is 6.20 Å². The van der Waals surface area contributed by atoms with Crippen LogP contribution in [0.1, 0.15) is 81.6 Å². The van der Waals surface area contributed by atoms with Crippen molar-refractivity contribution in [3.05, 3.63) is 17.7 Å². The quantitative estimate of drug-likeness (QED) is 0.876. The second-order valence-corrected chi connectivity index (χ2v) is 8.71. The van der Waals surface area contributed by atoms with Crippen molar-refractivity contribution in [2.24, 2.45) is 5.92 Å². The summed E-state index contributed by atoms with van der Waals surface area (Å²) in [6, 6.07) is 0.580.